The Morgan fingerprint density at radius 3 is 1.67 bits per heavy atom. The molecular weight excluding hydrogens is 1150 g/mol. The second kappa shape index (κ2) is 22.2. The molecule has 6 atom stereocenters. The van der Waals surface area contributed by atoms with Crippen molar-refractivity contribution >= 4 is 80.4 Å². The highest BCUT2D eigenvalue weighted by Gasteiger charge is 2.43. The fourth-order valence-corrected chi connectivity index (χ4v) is 14.5. The van der Waals surface area contributed by atoms with Crippen molar-refractivity contribution in [3.05, 3.63) is 128 Å². The van der Waals surface area contributed by atoms with E-state index in [0.717, 1.165) is 53.9 Å². The number of piperazine rings is 2. The Balaban J connectivity index is 0.947. The van der Waals surface area contributed by atoms with E-state index in [1.54, 1.807) is 42.4 Å². The molecule has 2 amide bonds. The van der Waals surface area contributed by atoms with Crippen molar-refractivity contribution in [2.24, 2.45) is 0 Å². The van der Waals surface area contributed by atoms with Crippen LogP contribution in [0.1, 0.15) is 38.8 Å². The Kier molecular flexibility index (Phi) is 15.9. The molecule has 434 valence electrons. The van der Waals surface area contributed by atoms with Gasteiger partial charge in [-0.2, -0.15) is 36.3 Å². The first-order valence-corrected chi connectivity index (χ1v) is 28.2. The van der Waals surface area contributed by atoms with Crippen molar-refractivity contribution in [1.82, 2.24) is 28.9 Å². The third-order valence-corrected chi connectivity index (χ3v) is 18.0. The number of alkyl halides is 6. The maximum absolute atomic E-state index is 15.7. The van der Waals surface area contributed by atoms with Crippen LogP contribution in [-0.4, -0.2) is 128 Å². The van der Waals surface area contributed by atoms with Gasteiger partial charge in [-0.3, -0.25) is 18.7 Å². The van der Waals surface area contributed by atoms with Gasteiger partial charge >= 0.3 is 23.7 Å². The second-order valence-electron chi connectivity index (χ2n) is 20.8. The van der Waals surface area contributed by atoms with Crippen LogP contribution in [0.25, 0.3) is 44.1 Å². The van der Waals surface area contributed by atoms with E-state index in [9.17, 15) is 28.0 Å². The van der Waals surface area contributed by atoms with Gasteiger partial charge in [0.25, 0.3) is 5.91 Å². The highest BCUT2D eigenvalue weighted by molar-refractivity contribution is 8.00. The smallest absolute Gasteiger partial charge is 0.379 e. The Bertz CT molecular complexity index is 3730. The number of carbonyl (C=O) groups excluding carboxylic acids is 2. The van der Waals surface area contributed by atoms with Crippen molar-refractivity contribution in [3.8, 4) is 22.3 Å². The van der Waals surface area contributed by atoms with Gasteiger partial charge in [-0.25, -0.2) is 22.8 Å². The fraction of sp³-hybridized carbons (Fsp3) is 0.393. The number of rotatable bonds is 10. The number of thioether (sulfide) groups is 2. The number of methoxy groups -OCH3 is 1. The molecule has 6 aromatic rings. The summed E-state index contributed by atoms with van der Waals surface area (Å²) in [5, 5.41) is -0.725. The van der Waals surface area contributed by atoms with Gasteiger partial charge in [-0.15, -0.1) is 23.5 Å². The van der Waals surface area contributed by atoms with E-state index in [4.69, 9.17) is 21.1 Å². The Morgan fingerprint density at radius 1 is 0.695 bits per heavy atom. The molecule has 2 aromatic heterocycles. The van der Waals surface area contributed by atoms with Crippen LogP contribution in [0.2, 0.25) is 5.02 Å². The van der Waals surface area contributed by atoms with Gasteiger partial charge in [-0.1, -0.05) is 36.9 Å². The van der Waals surface area contributed by atoms with Crippen LogP contribution in [0.4, 0.5) is 51.1 Å². The molecule has 0 spiro atoms. The van der Waals surface area contributed by atoms with E-state index in [1.807, 2.05) is 0 Å². The number of halogens is 10. The minimum absolute atomic E-state index is 0.00369. The first-order chi connectivity index (χ1) is 38.7. The third-order valence-electron chi connectivity index (χ3n) is 15.2. The maximum atomic E-state index is 15.7. The summed E-state index contributed by atoms with van der Waals surface area (Å²) in [6.07, 6.45) is -10.5. The second-order valence-corrected chi connectivity index (χ2v) is 23.3. The molecule has 0 radical (unpaired) electrons. The van der Waals surface area contributed by atoms with E-state index in [-0.39, 0.29) is 117 Å². The average Bonchev–Trinajstić information content (AvgIpc) is 2.71. The Morgan fingerprint density at radius 2 is 1.17 bits per heavy atom. The van der Waals surface area contributed by atoms with E-state index in [1.165, 1.54) is 39.4 Å². The quantitative estimate of drug-likeness (QED) is 0.0734. The number of anilines is 2. The molecule has 0 bridgehead atoms. The molecule has 10 rings (SSSR count). The fourth-order valence-electron chi connectivity index (χ4n) is 11.7. The van der Waals surface area contributed by atoms with Crippen LogP contribution in [0, 0.1) is 17.5 Å². The number of hydrogen-bond donors (Lipinski definition) is 0. The normalized spacial score (nSPS) is 21.5. The summed E-state index contributed by atoms with van der Waals surface area (Å²) in [6.45, 7) is 13.9. The number of ether oxygens (including phenoxy) is 2. The lowest BCUT2D eigenvalue weighted by Gasteiger charge is -2.45. The summed E-state index contributed by atoms with van der Waals surface area (Å²) in [6, 6.07) is 5.07. The zero-order valence-corrected chi connectivity index (χ0v) is 47.0. The molecule has 4 aliphatic heterocycles. The minimum atomic E-state index is -5.12. The Labute approximate surface area is 476 Å². The van der Waals surface area contributed by atoms with Crippen LogP contribution in [0.5, 0.6) is 0 Å². The van der Waals surface area contributed by atoms with Crippen molar-refractivity contribution in [2.75, 3.05) is 61.2 Å². The molecule has 4 aliphatic rings. The van der Waals surface area contributed by atoms with Gasteiger partial charge in [0.15, 0.2) is 0 Å². The minimum Gasteiger partial charge on any atom is -0.379 e. The molecule has 2 saturated heterocycles. The monoisotopic (exact) mass is 1200 g/mol. The zero-order chi connectivity index (χ0) is 59.2. The number of hydrogen-bond acceptors (Lipinski definition) is 12. The molecule has 4 aromatic carbocycles. The van der Waals surface area contributed by atoms with Crippen LogP contribution < -0.4 is 21.2 Å². The third kappa shape index (κ3) is 10.6. The molecule has 0 saturated carbocycles. The largest absolute Gasteiger partial charge is 0.417 e. The Hall–Kier alpha value is -6.54. The SMILES string of the molecule is C=CC(=O)N1[C@H](C)CN(c2nc(=O)n3c4c(c(-c5ccc(F)cc5)c(C(F)(F)F)cc24)SCC(OCC(=C)C(=O)N2[C@H](C)CN(c4nc(=O)n5c6c(c(-c7cc(Cl)c(F)cc7F)c(C(F)(F)F)cc46)SCC(OC)C5)C[C@@H]2C)C3)C[C@@H]1C. The average molecular weight is 1200 g/mol. The first kappa shape index (κ1) is 58.6. The van der Waals surface area contributed by atoms with Crippen LogP contribution in [0.3, 0.4) is 0 Å². The molecule has 0 N–H and O–H groups in total. The van der Waals surface area contributed by atoms with E-state index in [2.05, 4.69) is 23.1 Å². The molecule has 82 heavy (non-hydrogen) atoms. The van der Waals surface area contributed by atoms with Gasteiger partial charge in [0, 0.05) is 118 Å². The van der Waals surface area contributed by atoms with Gasteiger partial charge < -0.3 is 29.1 Å². The van der Waals surface area contributed by atoms with Gasteiger partial charge in [0.1, 0.15) is 29.1 Å². The standard InChI is InChI=1S/C56H52ClF9N8O6S2/c1-8-43(75)73-27(3)17-69(18-28(73)4)50-36-13-38(55(61,62)63)44(31-9-11-32(58)12-10-31)48-46(36)72(54(78)68-50)22-34(25-82-48)80-23-26(2)52(76)74-29(5)19-70(20-30(74)6)51-37-14-39(56(64,65)66)45(35-15-40(57)42(60)16-41(35)59)49-47(37)71(53(77)67-51)21-33(79-7)24-81-49/h8-16,27-30,33-34H,1-2,17-25H2,3-7H3/t27-,28+,29-,30+,33?,34?. The molecule has 26 heteroatoms. The molecule has 14 nitrogen and oxygen atoms in total. The lowest BCUT2D eigenvalue weighted by molar-refractivity contribution is -0.137. The lowest BCUT2D eigenvalue weighted by Crippen LogP contribution is -2.59. The predicted molar refractivity (Wildman–Crippen MR) is 295 cm³/mol. The molecular formula is C56H52ClF9N8O6S2. The number of amides is 2. The zero-order valence-electron chi connectivity index (χ0n) is 44.6. The highest BCUT2D eigenvalue weighted by atomic mass is 35.5. The van der Waals surface area contributed by atoms with Gasteiger partial charge in [0.2, 0.25) is 5.91 Å². The van der Waals surface area contributed by atoms with Crippen LogP contribution >= 0.6 is 35.1 Å². The topological polar surface area (TPSA) is 135 Å². The van der Waals surface area contributed by atoms with Crippen molar-refractivity contribution in [1.29, 1.82) is 0 Å². The number of nitrogens with zero attached hydrogens (tertiary/aromatic N) is 8. The summed E-state index contributed by atoms with van der Waals surface area (Å²) in [7, 11) is 1.37. The highest BCUT2D eigenvalue weighted by Crippen LogP contribution is 2.51. The summed E-state index contributed by atoms with van der Waals surface area (Å²) in [5.41, 5.74) is -5.47. The number of benzene rings is 4. The maximum Gasteiger partial charge on any atom is 0.417 e. The number of aromatic nitrogens is 4. The molecule has 2 fully saturated rings. The van der Waals surface area contributed by atoms with Gasteiger partial charge in [-0.05, 0) is 69.7 Å². The summed E-state index contributed by atoms with van der Waals surface area (Å²) < 4.78 is 151. The molecule has 2 unspecified atom stereocenters. The van der Waals surface area contributed by atoms with Crippen LogP contribution in [-0.2, 0) is 44.5 Å². The summed E-state index contributed by atoms with van der Waals surface area (Å²) in [4.78, 5) is 70.8. The van der Waals surface area contributed by atoms with Crippen molar-refractivity contribution < 1.29 is 58.6 Å². The van der Waals surface area contributed by atoms with Crippen molar-refractivity contribution in [3.63, 3.8) is 0 Å². The van der Waals surface area contributed by atoms with Crippen LogP contribution in [0.15, 0.2) is 92.7 Å². The van der Waals surface area contributed by atoms with E-state index < -0.39 is 117 Å². The van der Waals surface area contributed by atoms with Crippen molar-refractivity contribution in [2.45, 2.75) is 99.3 Å². The summed E-state index contributed by atoms with van der Waals surface area (Å²) >= 11 is 7.91. The van der Waals surface area contributed by atoms with E-state index in [0.29, 0.717) is 6.07 Å². The van der Waals surface area contributed by atoms with E-state index >= 15 is 30.7 Å². The summed E-state index contributed by atoms with van der Waals surface area (Å²) in [5.74, 6) is -4.25. The number of carbonyl (C=O) groups is 2. The molecule has 6 heterocycles. The lowest BCUT2D eigenvalue weighted by atomic mass is 9.95. The predicted octanol–water partition coefficient (Wildman–Crippen LogP) is 10.5. The van der Waals surface area contributed by atoms with Gasteiger partial charge in [0.05, 0.1) is 59.1 Å². The molecule has 0 aliphatic carbocycles. The first-order valence-electron chi connectivity index (χ1n) is 25.8.